The van der Waals surface area contributed by atoms with Gasteiger partial charge in [0.1, 0.15) is 5.82 Å². The lowest BCUT2D eigenvalue weighted by Gasteiger charge is -2.36. The van der Waals surface area contributed by atoms with E-state index in [1.165, 1.54) is 5.56 Å². The normalized spacial score (nSPS) is 14.6. The van der Waals surface area contributed by atoms with Crippen molar-refractivity contribution in [2.45, 2.75) is 13.8 Å². The number of hydrogen-bond donors (Lipinski definition) is 0. The Balaban J connectivity index is 1.50. The minimum Gasteiger partial charge on any atom is -0.354 e. The second-order valence-electron chi connectivity index (χ2n) is 7.49. The highest BCUT2D eigenvalue weighted by molar-refractivity contribution is 5.94. The van der Waals surface area contributed by atoms with Gasteiger partial charge in [0, 0.05) is 46.5 Å². The van der Waals surface area contributed by atoms with E-state index in [0.29, 0.717) is 5.56 Å². The summed E-state index contributed by atoms with van der Waals surface area (Å²) in [7, 11) is 3.50. The van der Waals surface area contributed by atoms with E-state index in [0.717, 1.165) is 54.3 Å². The van der Waals surface area contributed by atoms with Gasteiger partial charge in [0.25, 0.3) is 5.91 Å². The first-order valence-corrected chi connectivity index (χ1v) is 9.49. The molecule has 1 aliphatic heterocycles. The lowest BCUT2D eigenvalue weighted by Crippen LogP contribution is -2.47. The lowest BCUT2D eigenvalue weighted by atomic mass is 10.1. The standard InChI is InChI=1S/C21H25N5O2/c1-14-6-5-7-17-18(14)20(23-28-17)26-10-8-25(9-11-26)19-15(2)12-16(13-22-19)21(27)24(3)4/h5-7,12-13H,8-11H2,1-4H3. The molecule has 3 aromatic rings. The molecule has 0 spiro atoms. The number of aromatic nitrogens is 2. The summed E-state index contributed by atoms with van der Waals surface area (Å²) < 4.78 is 5.52. The Labute approximate surface area is 164 Å². The Morgan fingerprint density at radius 2 is 1.71 bits per heavy atom. The summed E-state index contributed by atoms with van der Waals surface area (Å²) in [5.41, 5.74) is 3.64. The molecule has 0 bridgehead atoms. The second-order valence-corrected chi connectivity index (χ2v) is 7.49. The van der Waals surface area contributed by atoms with Crippen LogP contribution in [-0.2, 0) is 0 Å². The Morgan fingerprint density at radius 1 is 1.04 bits per heavy atom. The van der Waals surface area contributed by atoms with Gasteiger partial charge < -0.3 is 19.2 Å². The molecule has 0 saturated carbocycles. The number of pyridine rings is 1. The van der Waals surface area contributed by atoms with Crippen LogP contribution in [0.25, 0.3) is 11.0 Å². The fourth-order valence-electron chi connectivity index (χ4n) is 3.76. The van der Waals surface area contributed by atoms with Gasteiger partial charge in [-0.25, -0.2) is 4.98 Å². The number of fused-ring (bicyclic) bond motifs is 1. The number of aryl methyl sites for hydroxylation is 2. The third-order valence-corrected chi connectivity index (χ3v) is 5.27. The summed E-state index contributed by atoms with van der Waals surface area (Å²) in [4.78, 5) is 22.8. The molecule has 7 heteroatoms. The molecule has 1 aromatic carbocycles. The van der Waals surface area contributed by atoms with Crippen LogP contribution in [0.15, 0.2) is 35.0 Å². The van der Waals surface area contributed by atoms with Gasteiger partial charge in [-0.1, -0.05) is 17.3 Å². The SMILES string of the molecule is Cc1cc(C(=O)N(C)C)cnc1N1CCN(c2noc3cccc(C)c23)CC1. The molecule has 0 radical (unpaired) electrons. The smallest absolute Gasteiger partial charge is 0.254 e. The van der Waals surface area contributed by atoms with Crippen molar-refractivity contribution >= 4 is 28.5 Å². The second kappa shape index (κ2) is 7.14. The number of carbonyl (C=O) groups is 1. The van der Waals surface area contributed by atoms with Crippen molar-refractivity contribution in [3.63, 3.8) is 0 Å². The molecule has 1 fully saturated rings. The molecule has 1 amide bonds. The predicted octanol–water partition coefficient (Wildman–Crippen LogP) is 2.87. The minimum absolute atomic E-state index is 0.0275. The van der Waals surface area contributed by atoms with Crippen LogP contribution >= 0.6 is 0 Å². The van der Waals surface area contributed by atoms with Gasteiger partial charge in [-0.15, -0.1) is 0 Å². The molecule has 0 atom stereocenters. The molecular formula is C21H25N5O2. The van der Waals surface area contributed by atoms with Crippen LogP contribution in [0.4, 0.5) is 11.6 Å². The number of hydrogen-bond acceptors (Lipinski definition) is 6. The van der Waals surface area contributed by atoms with Crippen molar-refractivity contribution in [1.29, 1.82) is 0 Å². The van der Waals surface area contributed by atoms with E-state index in [2.05, 4.69) is 32.9 Å². The third kappa shape index (κ3) is 3.17. The average molecular weight is 379 g/mol. The molecule has 2 aromatic heterocycles. The van der Waals surface area contributed by atoms with Crippen LogP contribution in [0.1, 0.15) is 21.5 Å². The molecular weight excluding hydrogens is 354 g/mol. The number of anilines is 2. The quantitative estimate of drug-likeness (QED) is 0.697. The Kier molecular flexibility index (Phi) is 4.66. The molecule has 3 heterocycles. The van der Waals surface area contributed by atoms with Gasteiger partial charge in [-0.2, -0.15) is 0 Å². The van der Waals surface area contributed by atoms with Crippen LogP contribution < -0.4 is 9.80 Å². The van der Waals surface area contributed by atoms with E-state index in [9.17, 15) is 4.79 Å². The number of rotatable bonds is 3. The van der Waals surface area contributed by atoms with Crippen molar-refractivity contribution in [3.05, 3.63) is 47.2 Å². The summed E-state index contributed by atoms with van der Waals surface area (Å²) in [5, 5.41) is 5.41. The molecule has 1 aliphatic rings. The molecule has 0 N–H and O–H groups in total. The summed E-state index contributed by atoms with van der Waals surface area (Å²) in [6.07, 6.45) is 1.67. The van der Waals surface area contributed by atoms with Crippen LogP contribution in [0, 0.1) is 13.8 Å². The number of benzene rings is 1. The highest BCUT2D eigenvalue weighted by Crippen LogP contribution is 2.30. The van der Waals surface area contributed by atoms with E-state index in [4.69, 9.17) is 4.52 Å². The fourth-order valence-corrected chi connectivity index (χ4v) is 3.76. The van der Waals surface area contributed by atoms with Crippen molar-refractivity contribution in [2.24, 2.45) is 0 Å². The Morgan fingerprint density at radius 3 is 2.36 bits per heavy atom. The van der Waals surface area contributed by atoms with Crippen molar-refractivity contribution in [2.75, 3.05) is 50.1 Å². The van der Waals surface area contributed by atoms with Crippen LogP contribution in [0.5, 0.6) is 0 Å². The summed E-state index contributed by atoms with van der Waals surface area (Å²) in [6.45, 7) is 7.47. The summed E-state index contributed by atoms with van der Waals surface area (Å²) >= 11 is 0. The molecule has 7 nitrogen and oxygen atoms in total. The van der Waals surface area contributed by atoms with Gasteiger partial charge in [-0.05, 0) is 37.1 Å². The van der Waals surface area contributed by atoms with Crippen LogP contribution in [0.2, 0.25) is 0 Å². The number of carbonyl (C=O) groups excluding carboxylic acids is 1. The van der Waals surface area contributed by atoms with E-state index in [1.54, 1.807) is 25.2 Å². The third-order valence-electron chi connectivity index (χ3n) is 5.27. The first-order valence-electron chi connectivity index (χ1n) is 9.49. The fraction of sp³-hybridized carbons (Fsp3) is 0.381. The maximum atomic E-state index is 12.1. The first-order chi connectivity index (χ1) is 13.5. The summed E-state index contributed by atoms with van der Waals surface area (Å²) in [5.74, 6) is 1.83. The maximum absolute atomic E-state index is 12.1. The molecule has 4 rings (SSSR count). The van der Waals surface area contributed by atoms with Crippen molar-refractivity contribution < 1.29 is 9.32 Å². The number of piperazine rings is 1. The molecule has 0 unspecified atom stereocenters. The van der Waals surface area contributed by atoms with Gasteiger partial charge >= 0.3 is 0 Å². The Hall–Kier alpha value is -3.09. The van der Waals surface area contributed by atoms with Gasteiger partial charge in [0.2, 0.25) is 0 Å². The first kappa shape index (κ1) is 18.3. The predicted molar refractivity (Wildman–Crippen MR) is 110 cm³/mol. The van der Waals surface area contributed by atoms with Crippen molar-refractivity contribution in [3.8, 4) is 0 Å². The number of amides is 1. The largest absolute Gasteiger partial charge is 0.354 e. The topological polar surface area (TPSA) is 65.7 Å². The molecule has 28 heavy (non-hydrogen) atoms. The zero-order chi connectivity index (χ0) is 19.8. The average Bonchev–Trinajstić information content (AvgIpc) is 3.13. The zero-order valence-corrected chi connectivity index (χ0v) is 16.8. The highest BCUT2D eigenvalue weighted by atomic mass is 16.5. The molecule has 1 saturated heterocycles. The van der Waals surface area contributed by atoms with E-state index in [1.807, 2.05) is 25.1 Å². The Bertz CT molecular complexity index is 1020. The van der Waals surface area contributed by atoms with E-state index in [-0.39, 0.29) is 5.91 Å². The van der Waals surface area contributed by atoms with Crippen LogP contribution in [0.3, 0.4) is 0 Å². The van der Waals surface area contributed by atoms with Crippen LogP contribution in [-0.4, -0.2) is 61.2 Å². The molecule has 146 valence electrons. The lowest BCUT2D eigenvalue weighted by molar-refractivity contribution is 0.0827. The highest BCUT2D eigenvalue weighted by Gasteiger charge is 2.24. The van der Waals surface area contributed by atoms with Crippen molar-refractivity contribution in [1.82, 2.24) is 15.0 Å². The zero-order valence-electron chi connectivity index (χ0n) is 16.8. The van der Waals surface area contributed by atoms with Gasteiger partial charge in [0.15, 0.2) is 11.4 Å². The van der Waals surface area contributed by atoms with E-state index >= 15 is 0 Å². The number of nitrogens with zero attached hydrogens (tertiary/aromatic N) is 5. The van der Waals surface area contributed by atoms with Gasteiger partial charge in [-0.3, -0.25) is 4.79 Å². The van der Waals surface area contributed by atoms with E-state index < -0.39 is 0 Å². The molecule has 0 aliphatic carbocycles. The minimum atomic E-state index is -0.0275. The monoisotopic (exact) mass is 379 g/mol. The summed E-state index contributed by atoms with van der Waals surface area (Å²) in [6, 6.07) is 7.96. The van der Waals surface area contributed by atoms with Gasteiger partial charge in [0.05, 0.1) is 10.9 Å². The maximum Gasteiger partial charge on any atom is 0.254 e.